The molecule has 128 valence electrons. The van der Waals surface area contributed by atoms with Gasteiger partial charge in [0.2, 0.25) is 0 Å². The van der Waals surface area contributed by atoms with E-state index < -0.39 is 0 Å². The first-order valence-electron chi connectivity index (χ1n) is 8.24. The molecule has 24 heavy (non-hydrogen) atoms. The number of carbonyl (C=O) groups excluding carboxylic acids is 1. The predicted molar refractivity (Wildman–Crippen MR) is 86.8 cm³/mol. The van der Waals surface area contributed by atoms with Crippen molar-refractivity contribution >= 4 is 17.2 Å². The van der Waals surface area contributed by atoms with E-state index in [1.165, 1.54) is 11.3 Å². The van der Waals surface area contributed by atoms with Gasteiger partial charge >= 0.3 is 0 Å². The summed E-state index contributed by atoms with van der Waals surface area (Å²) < 4.78 is 11.5. The third kappa shape index (κ3) is 2.84. The van der Waals surface area contributed by atoms with Gasteiger partial charge in [0.05, 0.1) is 10.6 Å². The molecular formula is C16H20N4O3S. The molecule has 1 unspecified atom stereocenters. The predicted octanol–water partition coefficient (Wildman–Crippen LogP) is 2.67. The van der Waals surface area contributed by atoms with Gasteiger partial charge in [0.25, 0.3) is 11.8 Å². The Bertz CT molecular complexity index is 748. The lowest BCUT2D eigenvalue weighted by Crippen LogP contribution is -2.46. The van der Waals surface area contributed by atoms with Crippen LogP contribution in [0, 0.1) is 13.8 Å². The lowest BCUT2D eigenvalue weighted by atomic mass is 9.88. The number of hydrogen-bond donors (Lipinski definition) is 0. The van der Waals surface area contributed by atoms with E-state index in [9.17, 15) is 4.79 Å². The Morgan fingerprint density at radius 2 is 2.08 bits per heavy atom. The lowest BCUT2D eigenvalue weighted by molar-refractivity contribution is -0.0820. The van der Waals surface area contributed by atoms with Crippen LogP contribution in [0.25, 0.3) is 0 Å². The fraction of sp³-hybridized carbons (Fsp3) is 0.625. The maximum Gasteiger partial charge on any atom is 0.273 e. The average molecular weight is 348 g/mol. The summed E-state index contributed by atoms with van der Waals surface area (Å²) in [6.07, 6.45) is 3.42. The molecule has 0 bridgehead atoms. The van der Waals surface area contributed by atoms with E-state index in [1.54, 1.807) is 0 Å². The average Bonchev–Trinajstić information content (AvgIpc) is 3.28. The second-order valence-electron chi connectivity index (χ2n) is 6.55. The molecule has 1 atom stereocenters. The quantitative estimate of drug-likeness (QED) is 0.830. The van der Waals surface area contributed by atoms with Crippen molar-refractivity contribution in [2.45, 2.75) is 51.2 Å². The second kappa shape index (κ2) is 5.93. The number of likely N-dealkylation sites (tertiary alicyclic amines) is 1. The van der Waals surface area contributed by atoms with Crippen molar-refractivity contribution in [3.8, 4) is 0 Å². The smallest absolute Gasteiger partial charge is 0.273 e. The molecule has 0 aromatic carbocycles. The highest BCUT2D eigenvalue weighted by Gasteiger charge is 2.45. The monoisotopic (exact) mass is 348 g/mol. The van der Waals surface area contributed by atoms with Crippen LogP contribution in [0.15, 0.2) is 9.90 Å². The summed E-state index contributed by atoms with van der Waals surface area (Å²) >= 11 is 1.51. The zero-order valence-electron chi connectivity index (χ0n) is 13.8. The SMILES string of the molecule is Cc1noc(C2CCC3(CCN(C(=O)c4csc(C)n4)CC3)O2)n1. The third-order valence-electron chi connectivity index (χ3n) is 4.87. The topological polar surface area (TPSA) is 81.4 Å². The van der Waals surface area contributed by atoms with Crippen molar-refractivity contribution in [2.24, 2.45) is 0 Å². The Balaban J connectivity index is 1.38. The highest BCUT2D eigenvalue weighted by Crippen LogP contribution is 2.44. The lowest BCUT2D eigenvalue weighted by Gasteiger charge is -2.38. The van der Waals surface area contributed by atoms with Gasteiger partial charge < -0.3 is 14.2 Å². The summed E-state index contributed by atoms with van der Waals surface area (Å²) in [6, 6.07) is 0. The molecule has 4 rings (SSSR count). The van der Waals surface area contributed by atoms with Crippen LogP contribution in [-0.2, 0) is 4.74 Å². The van der Waals surface area contributed by atoms with Gasteiger partial charge in [-0.1, -0.05) is 5.16 Å². The zero-order valence-corrected chi connectivity index (χ0v) is 14.6. The molecule has 2 aliphatic rings. The summed E-state index contributed by atoms with van der Waals surface area (Å²) in [4.78, 5) is 23.0. The van der Waals surface area contributed by atoms with Crippen LogP contribution in [0.3, 0.4) is 0 Å². The van der Waals surface area contributed by atoms with Crippen LogP contribution in [0.1, 0.15) is 59.0 Å². The molecule has 0 aliphatic carbocycles. The highest BCUT2D eigenvalue weighted by molar-refractivity contribution is 7.09. The standard InChI is InChI=1S/C16H20N4O3S/c1-10-17-14(23-19-10)13-3-4-16(22-13)5-7-20(8-6-16)15(21)12-9-24-11(2)18-12/h9,13H,3-8H2,1-2H3. The van der Waals surface area contributed by atoms with E-state index in [2.05, 4.69) is 15.1 Å². The maximum atomic E-state index is 12.5. The molecule has 7 nitrogen and oxygen atoms in total. The molecule has 0 saturated carbocycles. The second-order valence-corrected chi connectivity index (χ2v) is 7.61. The van der Waals surface area contributed by atoms with Crippen LogP contribution in [0.2, 0.25) is 0 Å². The fourth-order valence-electron chi connectivity index (χ4n) is 3.54. The first-order valence-corrected chi connectivity index (χ1v) is 9.12. The van der Waals surface area contributed by atoms with Crippen molar-refractivity contribution in [3.05, 3.63) is 27.8 Å². The third-order valence-corrected chi connectivity index (χ3v) is 5.65. The Morgan fingerprint density at radius 3 is 2.71 bits per heavy atom. The number of aryl methyl sites for hydroxylation is 2. The Morgan fingerprint density at radius 1 is 1.29 bits per heavy atom. The molecule has 8 heteroatoms. The minimum atomic E-state index is -0.165. The van der Waals surface area contributed by atoms with E-state index in [0.29, 0.717) is 30.5 Å². The minimum absolute atomic E-state index is 0.0243. The van der Waals surface area contributed by atoms with Crippen LogP contribution in [-0.4, -0.2) is 44.6 Å². The summed E-state index contributed by atoms with van der Waals surface area (Å²) in [5.74, 6) is 1.23. The van der Waals surface area contributed by atoms with Gasteiger partial charge in [0.1, 0.15) is 11.8 Å². The summed E-state index contributed by atoms with van der Waals surface area (Å²) in [7, 11) is 0. The van der Waals surface area contributed by atoms with E-state index >= 15 is 0 Å². The van der Waals surface area contributed by atoms with Gasteiger partial charge in [-0.05, 0) is 39.5 Å². The van der Waals surface area contributed by atoms with Gasteiger partial charge in [-0.15, -0.1) is 11.3 Å². The van der Waals surface area contributed by atoms with E-state index in [0.717, 1.165) is 30.7 Å². The molecule has 0 N–H and O–H groups in total. The van der Waals surface area contributed by atoms with Crippen LogP contribution in [0.5, 0.6) is 0 Å². The Hall–Kier alpha value is -1.80. The number of carbonyl (C=O) groups is 1. The Labute approximate surface area is 144 Å². The first-order chi connectivity index (χ1) is 11.5. The molecule has 2 aromatic heterocycles. The van der Waals surface area contributed by atoms with E-state index in [1.807, 2.05) is 24.1 Å². The van der Waals surface area contributed by atoms with Crippen LogP contribution < -0.4 is 0 Å². The number of nitrogens with zero attached hydrogens (tertiary/aromatic N) is 4. The number of ether oxygens (including phenoxy) is 1. The molecule has 2 aliphatic heterocycles. The molecule has 2 aromatic rings. The maximum absolute atomic E-state index is 12.5. The van der Waals surface area contributed by atoms with Gasteiger partial charge in [0.15, 0.2) is 5.82 Å². The van der Waals surface area contributed by atoms with E-state index in [4.69, 9.17) is 9.26 Å². The van der Waals surface area contributed by atoms with Crippen molar-refractivity contribution in [1.82, 2.24) is 20.0 Å². The molecule has 2 saturated heterocycles. The summed E-state index contributed by atoms with van der Waals surface area (Å²) in [5.41, 5.74) is 0.391. The van der Waals surface area contributed by atoms with Crippen molar-refractivity contribution in [1.29, 1.82) is 0 Å². The van der Waals surface area contributed by atoms with Gasteiger partial charge in [0, 0.05) is 18.5 Å². The summed E-state index contributed by atoms with van der Waals surface area (Å²) in [5, 5.41) is 6.60. The summed E-state index contributed by atoms with van der Waals surface area (Å²) in [6.45, 7) is 5.12. The minimum Gasteiger partial charge on any atom is -0.362 e. The normalized spacial score (nSPS) is 23.1. The molecule has 2 fully saturated rings. The number of piperidine rings is 1. The van der Waals surface area contributed by atoms with Gasteiger partial charge in [-0.25, -0.2) is 4.98 Å². The first kappa shape index (κ1) is 15.7. The van der Waals surface area contributed by atoms with Crippen LogP contribution in [0.4, 0.5) is 0 Å². The van der Waals surface area contributed by atoms with Crippen LogP contribution >= 0.6 is 11.3 Å². The number of rotatable bonds is 2. The number of hydrogen-bond acceptors (Lipinski definition) is 7. The molecule has 0 radical (unpaired) electrons. The van der Waals surface area contributed by atoms with Crippen molar-refractivity contribution in [3.63, 3.8) is 0 Å². The largest absolute Gasteiger partial charge is 0.362 e. The van der Waals surface area contributed by atoms with Crippen molar-refractivity contribution in [2.75, 3.05) is 13.1 Å². The highest BCUT2D eigenvalue weighted by atomic mass is 32.1. The molecule has 1 spiro atoms. The van der Waals surface area contributed by atoms with Gasteiger partial charge in [-0.3, -0.25) is 4.79 Å². The number of aromatic nitrogens is 3. The molecular weight excluding hydrogens is 328 g/mol. The molecule has 1 amide bonds. The zero-order chi connectivity index (χ0) is 16.7. The van der Waals surface area contributed by atoms with E-state index in [-0.39, 0.29) is 17.6 Å². The van der Waals surface area contributed by atoms with Gasteiger partial charge in [-0.2, -0.15) is 4.98 Å². The fourth-order valence-corrected chi connectivity index (χ4v) is 4.13. The number of amides is 1. The Kier molecular flexibility index (Phi) is 3.88. The number of thiazole rings is 1. The molecule has 4 heterocycles. The van der Waals surface area contributed by atoms with Crippen molar-refractivity contribution < 1.29 is 14.1 Å².